The van der Waals surface area contributed by atoms with Gasteiger partial charge in [-0.05, 0) is 0 Å². The van der Waals surface area contributed by atoms with Gasteiger partial charge in [0.15, 0.2) is 0 Å². The van der Waals surface area contributed by atoms with Crippen molar-refractivity contribution in [3.63, 3.8) is 0 Å². The Morgan fingerprint density at radius 3 is 2.56 bits per heavy atom. The van der Waals surface area contributed by atoms with E-state index in [1.165, 1.54) is 5.02 Å². The molecule has 0 saturated carbocycles. The summed E-state index contributed by atoms with van der Waals surface area (Å²) in [6.45, 7) is 8.35. The molecule has 0 atom stereocenters. The van der Waals surface area contributed by atoms with Crippen LogP contribution >= 0.6 is 13.6 Å². The fraction of sp³-hybridized carbons (Fsp3) is 0.714. The third-order valence-electron chi connectivity index (χ3n) is 1.47. The summed E-state index contributed by atoms with van der Waals surface area (Å²) < 4.78 is 0. The minimum absolute atomic E-state index is 0.309. The Balaban J connectivity index is 3.55. The third-order valence-corrected chi connectivity index (χ3v) is 6.76. The van der Waals surface area contributed by atoms with Gasteiger partial charge in [0, 0.05) is 0 Å². The van der Waals surface area contributed by atoms with Gasteiger partial charge < -0.3 is 0 Å². The average Bonchev–Trinajstić information content (AvgIpc) is 1.64. The fourth-order valence-electron chi connectivity index (χ4n) is 0.749. The van der Waals surface area contributed by atoms with Crippen LogP contribution in [0.5, 0.6) is 0 Å². The molecule has 0 spiro atoms. The molecule has 0 aromatic rings. The summed E-state index contributed by atoms with van der Waals surface area (Å²) in [5, 5.41) is 1.41. The normalized spacial score (nSPS) is 10.6. The van der Waals surface area contributed by atoms with E-state index in [1.54, 1.807) is 0 Å². The molecule has 0 nitrogen and oxygen atoms in total. The zero-order valence-corrected chi connectivity index (χ0v) is 10.8. The maximum atomic E-state index is 3.73. The van der Waals surface area contributed by atoms with Crippen molar-refractivity contribution in [1.82, 2.24) is 0 Å². The van der Waals surface area contributed by atoms with Crippen LogP contribution in [0.15, 0.2) is 12.7 Å². The van der Waals surface area contributed by atoms with Crippen molar-refractivity contribution in [2.45, 2.75) is 25.3 Å². The summed E-state index contributed by atoms with van der Waals surface area (Å²) in [7, 11) is 0. The number of halogens is 1. The molecule has 2 heteroatoms. The van der Waals surface area contributed by atoms with E-state index in [9.17, 15) is 0 Å². The molecule has 0 saturated heterocycles. The minimum atomic E-state index is -0.309. The third kappa shape index (κ3) is 5.30. The molecule has 0 rings (SSSR count). The Kier molecular flexibility index (Phi) is 5.06. The second kappa shape index (κ2) is 4.63. The summed E-state index contributed by atoms with van der Waals surface area (Å²) in [5.74, 6) is 0. The Morgan fingerprint density at radius 1 is 1.67 bits per heavy atom. The number of rotatable bonds is 4. The van der Waals surface area contributed by atoms with Gasteiger partial charge in [-0.3, -0.25) is 0 Å². The van der Waals surface area contributed by atoms with Gasteiger partial charge in [0.05, 0.1) is 0 Å². The molecule has 0 aliphatic carbocycles. The topological polar surface area (TPSA) is 0 Å². The zero-order valence-electron chi connectivity index (χ0n) is 6.28. The molecule has 0 aromatic carbocycles. The van der Waals surface area contributed by atoms with E-state index in [-0.39, 0.29) is 15.2 Å². The van der Waals surface area contributed by atoms with Gasteiger partial charge in [0.1, 0.15) is 0 Å². The van der Waals surface area contributed by atoms with Crippen LogP contribution in [0.4, 0.5) is 0 Å². The van der Waals surface area contributed by atoms with Crippen molar-refractivity contribution in [3.8, 4) is 0 Å². The Bertz CT molecular complexity index is 88.9. The molecule has 0 aliphatic rings. The summed E-state index contributed by atoms with van der Waals surface area (Å²) in [6, 6.07) is 0. The molecule has 0 heterocycles. The van der Waals surface area contributed by atoms with Crippen molar-refractivity contribution in [2.24, 2.45) is 5.41 Å². The van der Waals surface area contributed by atoms with Crippen LogP contribution in [0, 0.1) is 5.41 Å². The molecule has 0 radical (unpaired) electrons. The zero-order chi connectivity index (χ0) is 7.33. The predicted molar refractivity (Wildman–Crippen MR) is 42.3 cm³/mol. The van der Waals surface area contributed by atoms with E-state index in [1.807, 2.05) is 6.08 Å². The number of hydrogen-bond donors (Lipinski definition) is 0. The first-order valence-corrected chi connectivity index (χ1v) is 12.3. The number of allylic oxidation sites excluding steroid dienone is 1. The van der Waals surface area contributed by atoms with E-state index in [0.717, 1.165) is 6.42 Å². The summed E-state index contributed by atoms with van der Waals surface area (Å²) in [6.07, 6.45) is 3.18. The van der Waals surface area contributed by atoms with E-state index in [4.69, 9.17) is 0 Å². The Labute approximate surface area is 72.1 Å². The molecule has 0 aromatic heterocycles. The van der Waals surface area contributed by atoms with Crippen molar-refractivity contribution in [3.05, 3.63) is 12.7 Å². The first kappa shape index (κ1) is 9.84. The molecule has 0 bridgehead atoms. The monoisotopic (exact) mass is 240 g/mol. The van der Waals surface area contributed by atoms with Gasteiger partial charge in [-0.2, -0.15) is 0 Å². The molecule has 50 valence electrons. The number of hydrogen-bond acceptors (Lipinski definition) is 0. The second-order valence-electron chi connectivity index (χ2n) is 3.10. The predicted octanol–water partition coefficient (Wildman–Crippen LogP) is 3.40. The van der Waals surface area contributed by atoms with Gasteiger partial charge in [-0.15, -0.1) is 0 Å². The SMILES string of the molecule is C=CCC(C)(C)[CH2][Zn][Br]. The molecule has 9 heavy (non-hydrogen) atoms. The van der Waals surface area contributed by atoms with Crippen LogP contribution in [0.3, 0.4) is 0 Å². The van der Waals surface area contributed by atoms with Crippen LogP contribution in [0.1, 0.15) is 20.3 Å². The standard InChI is InChI=1S/C7H13.BrH.Zn/c1-5-6-7(2,3)4;;/h5H,1-2,6H2,3-4H3;1H;/q;;+1/p-1. The summed E-state index contributed by atoms with van der Waals surface area (Å²) in [5.41, 5.74) is 0.519. The molecule has 0 unspecified atom stereocenters. The van der Waals surface area contributed by atoms with Crippen LogP contribution in [-0.2, 0) is 15.2 Å². The van der Waals surface area contributed by atoms with Crippen molar-refractivity contribution in [2.75, 3.05) is 0 Å². The molecule has 0 aliphatic heterocycles. The van der Waals surface area contributed by atoms with Gasteiger partial charge in [-0.1, -0.05) is 0 Å². The van der Waals surface area contributed by atoms with Gasteiger partial charge in [0.25, 0.3) is 0 Å². The first-order valence-electron chi connectivity index (χ1n) is 3.29. The second-order valence-corrected chi connectivity index (χ2v) is 9.06. The van der Waals surface area contributed by atoms with Crippen LogP contribution in [-0.4, -0.2) is 0 Å². The van der Waals surface area contributed by atoms with Crippen molar-refractivity contribution in [1.29, 1.82) is 0 Å². The molecule has 0 N–H and O–H groups in total. The van der Waals surface area contributed by atoms with Crippen LogP contribution in [0.25, 0.3) is 0 Å². The average molecular weight is 242 g/mol. The fourth-order valence-corrected chi connectivity index (χ4v) is 7.83. The van der Waals surface area contributed by atoms with E-state index >= 15 is 0 Å². The first-order chi connectivity index (χ1) is 4.12. The van der Waals surface area contributed by atoms with Gasteiger partial charge in [-0.25, -0.2) is 0 Å². The van der Waals surface area contributed by atoms with Crippen molar-refractivity contribution >= 4 is 13.6 Å². The van der Waals surface area contributed by atoms with Crippen LogP contribution < -0.4 is 0 Å². The van der Waals surface area contributed by atoms with Gasteiger partial charge >= 0.3 is 72.1 Å². The quantitative estimate of drug-likeness (QED) is 0.523. The summed E-state index contributed by atoms with van der Waals surface area (Å²) >= 11 is 3.30. The van der Waals surface area contributed by atoms with E-state index in [0.29, 0.717) is 5.41 Å². The summed E-state index contributed by atoms with van der Waals surface area (Å²) in [4.78, 5) is 0. The maximum absolute atomic E-state index is 3.73. The Hall–Kier alpha value is 0.843. The molecule has 0 amide bonds. The van der Waals surface area contributed by atoms with Crippen LogP contribution in [0.2, 0.25) is 5.02 Å². The van der Waals surface area contributed by atoms with E-state index < -0.39 is 0 Å². The van der Waals surface area contributed by atoms with Gasteiger partial charge in [0.2, 0.25) is 0 Å². The van der Waals surface area contributed by atoms with E-state index in [2.05, 4.69) is 34.0 Å². The molecular formula is C7H13BrZn. The van der Waals surface area contributed by atoms with Crippen molar-refractivity contribution < 1.29 is 15.2 Å². The Morgan fingerprint density at radius 2 is 2.22 bits per heavy atom. The molecule has 0 fully saturated rings. The molecular weight excluding hydrogens is 229 g/mol.